The second-order valence-corrected chi connectivity index (χ2v) is 10.2. The summed E-state index contributed by atoms with van der Waals surface area (Å²) in [6, 6.07) is 4.49. The molecule has 2 fully saturated rings. The van der Waals surface area contributed by atoms with Crippen LogP contribution in [0.25, 0.3) is 5.57 Å². The van der Waals surface area contributed by atoms with Gasteiger partial charge in [0.2, 0.25) is 0 Å². The second kappa shape index (κ2) is 13.4. The molecule has 0 spiro atoms. The van der Waals surface area contributed by atoms with E-state index in [1.807, 2.05) is 0 Å². The van der Waals surface area contributed by atoms with E-state index in [9.17, 15) is 4.79 Å². The molecule has 0 bridgehead atoms. The van der Waals surface area contributed by atoms with Crippen molar-refractivity contribution < 1.29 is 34.2 Å². The Morgan fingerprint density at radius 2 is 1.56 bits per heavy atom. The normalized spacial score (nSPS) is 18.5. The number of hydrogen-bond donors (Lipinski definition) is 2. The van der Waals surface area contributed by atoms with Gasteiger partial charge in [-0.15, -0.1) is 0 Å². The molecule has 184 valence electrons. The van der Waals surface area contributed by atoms with Crippen LogP contribution in [0.2, 0.25) is 0 Å². The van der Waals surface area contributed by atoms with Gasteiger partial charge < -0.3 is 24.6 Å². The zero-order valence-electron chi connectivity index (χ0n) is 19.1. The highest BCUT2D eigenvalue weighted by Gasteiger charge is 2.24. The number of carboxylic acids is 2. The molecule has 2 N–H and O–H groups in total. The van der Waals surface area contributed by atoms with Crippen molar-refractivity contribution in [2.45, 2.75) is 44.9 Å². The Morgan fingerprint density at radius 1 is 1.00 bits per heavy atom. The van der Waals surface area contributed by atoms with Gasteiger partial charge >= 0.3 is 11.9 Å². The maximum absolute atomic E-state index is 12.2. The smallest absolute Gasteiger partial charge is 0.351 e. The molecule has 4 rings (SSSR count). The maximum Gasteiger partial charge on any atom is 0.351 e. The Morgan fingerprint density at radius 3 is 2.03 bits per heavy atom. The molecule has 1 saturated heterocycles. The molecule has 7 nitrogen and oxygen atoms in total. The molecule has 9 heteroatoms. The molecule has 2 aliphatic rings. The summed E-state index contributed by atoms with van der Waals surface area (Å²) in [7, 11) is 0. The largest absolute Gasteiger partial charge is 0.539 e. The molecule has 1 aliphatic heterocycles. The maximum atomic E-state index is 12.2. The first-order chi connectivity index (χ1) is 16.5. The van der Waals surface area contributed by atoms with Gasteiger partial charge in [0.05, 0.1) is 19.0 Å². The standard InChI is InChI=1S/C23H29NO2S2.C2H2O4/c25-23(19-4-2-1-3-5-19)26-13-12-24-10-6-18(7-11-24)22(20-8-14-27-16-20)21-9-15-28-17-21;3-1(4)2(5)6/h8-9,14-17,19H,1-7,10-13H2;(H,3,4)(H,5,6). The number of aliphatic carboxylic acids is 2. The molecule has 34 heavy (non-hydrogen) atoms. The number of likely N-dealkylation sites (tertiary alicyclic amines) is 1. The molecule has 1 saturated carbocycles. The van der Waals surface area contributed by atoms with E-state index in [-0.39, 0.29) is 11.9 Å². The number of carbonyl (C=O) groups is 3. The molecule has 0 atom stereocenters. The number of quaternary nitrogens is 1. The summed E-state index contributed by atoms with van der Waals surface area (Å²) < 4.78 is 5.61. The van der Waals surface area contributed by atoms with Gasteiger partial charge in [0.1, 0.15) is 13.2 Å². The van der Waals surface area contributed by atoms with Crippen molar-refractivity contribution in [2.75, 3.05) is 26.2 Å². The van der Waals surface area contributed by atoms with Crippen molar-refractivity contribution in [2.24, 2.45) is 5.92 Å². The summed E-state index contributed by atoms with van der Waals surface area (Å²) in [5.74, 6) is -3.79. The third-order valence-electron chi connectivity index (χ3n) is 6.35. The predicted octanol–water partition coefficient (Wildman–Crippen LogP) is 2.23. The van der Waals surface area contributed by atoms with E-state index in [0.29, 0.717) is 6.61 Å². The SMILES string of the molecule is O=C(OCC[NH+]1CCC(=C(c2ccsc2)c2ccsc2)CC1)C1CCCCC1.O=C([O-])C(=O)O. The number of piperidine rings is 1. The summed E-state index contributed by atoms with van der Waals surface area (Å²) in [4.78, 5) is 31.8. The topological polar surface area (TPSA) is 108 Å². The van der Waals surface area contributed by atoms with E-state index in [1.54, 1.807) is 33.1 Å². The quantitative estimate of drug-likeness (QED) is 0.461. The summed E-state index contributed by atoms with van der Waals surface area (Å²) in [6.07, 6.45) is 7.96. The van der Waals surface area contributed by atoms with Gasteiger partial charge in [-0.1, -0.05) is 24.8 Å². The lowest BCUT2D eigenvalue weighted by Crippen LogP contribution is -3.13. The minimum atomic E-state index is -2.07. The fourth-order valence-electron chi connectivity index (χ4n) is 4.55. The average Bonchev–Trinajstić information content (AvgIpc) is 3.56. The zero-order valence-corrected chi connectivity index (χ0v) is 20.8. The molecule has 2 aromatic heterocycles. The third kappa shape index (κ3) is 7.78. The first kappa shape index (κ1) is 26.1. The lowest BCUT2D eigenvalue weighted by molar-refractivity contribution is -0.902. The number of rotatable bonds is 6. The number of carboxylic acid groups (broad SMARTS) is 2. The number of thiophene rings is 2. The Hall–Kier alpha value is -2.49. The Kier molecular flexibility index (Phi) is 10.3. The van der Waals surface area contributed by atoms with Crippen LogP contribution in [0.4, 0.5) is 0 Å². The molecule has 0 amide bonds. The number of carbonyl (C=O) groups excluding carboxylic acids is 2. The average molecular weight is 506 g/mol. The van der Waals surface area contributed by atoms with Gasteiger partial charge in [-0.25, -0.2) is 4.79 Å². The van der Waals surface area contributed by atoms with Crippen LogP contribution in [0.15, 0.2) is 39.2 Å². The summed E-state index contributed by atoms with van der Waals surface area (Å²) in [6.45, 7) is 3.78. The molecule has 2 aromatic rings. The predicted molar refractivity (Wildman–Crippen MR) is 130 cm³/mol. The lowest BCUT2D eigenvalue weighted by atomic mass is 9.89. The van der Waals surface area contributed by atoms with E-state index in [1.165, 1.54) is 36.0 Å². The molecule has 0 radical (unpaired) electrons. The Balaban J connectivity index is 0.000000481. The summed E-state index contributed by atoms with van der Waals surface area (Å²) in [5, 5.41) is 25.2. The van der Waals surface area contributed by atoms with Gasteiger partial charge in [-0.05, 0) is 63.2 Å². The van der Waals surface area contributed by atoms with Crippen LogP contribution < -0.4 is 10.0 Å². The van der Waals surface area contributed by atoms with Gasteiger partial charge in [0.25, 0.3) is 0 Å². The van der Waals surface area contributed by atoms with Crippen molar-refractivity contribution in [3.63, 3.8) is 0 Å². The van der Waals surface area contributed by atoms with Crippen LogP contribution >= 0.6 is 22.7 Å². The van der Waals surface area contributed by atoms with Gasteiger partial charge in [-0.3, -0.25) is 4.79 Å². The van der Waals surface area contributed by atoms with Gasteiger partial charge in [0.15, 0.2) is 5.97 Å². The van der Waals surface area contributed by atoms with E-state index in [0.717, 1.165) is 45.3 Å². The number of esters is 1. The fourth-order valence-corrected chi connectivity index (χ4v) is 5.84. The van der Waals surface area contributed by atoms with Crippen molar-refractivity contribution >= 4 is 46.2 Å². The van der Waals surface area contributed by atoms with Gasteiger partial charge in [0, 0.05) is 12.8 Å². The van der Waals surface area contributed by atoms with Crippen LogP contribution in [-0.4, -0.2) is 49.3 Å². The highest BCUT2D eigenvalue weighted by Crippen LogP contribution is 2.33. The third-order valence-corrected chi connectivity index (χ3v) is 7.71. The van der Waals surface area contributed by atoms with E-state index < -0.39 is 11.9 Å². The summed E-state index contributed by atoms with van der Waals surface area (Å²) in [5.41, 5.74) is 5.76. The van der Waals surface area contributed by atoms with Crippen LogP contribution in [0.5, 0.6) is 0 Å². The zero-order chi connectivity index (χ0) is 24.3. The molecule has 3 heterocycles. The van der Waals surface area contributed by atoms with E-state index in [2.05, 4.69) is 33.7 Å². The number of ether oxygens (including phenoxy) is 1. The van der Waals surface area contributed by atoms with Crippen LogP contribution in [0.1, 0.15) is 56.1 Å². The second-order valence-electron chi connectivity index (χ2n) is 8.60. The molecule has 1 aliphatic carbocycles. The molecular weight excluding hydrogens is 474 g/mol. The molecule has 0 unspecified atom stereocenters. The highest BCUT2D eigenvalue weighted by molar-refractivity contribution is 7.08. The van der Waals surface area contributed by atoms with Crippen molar-refractivity contribution in [1.82, 2.24) is 0 Å². The minimum Gasteiger partial charge on any atom is -0.539 e. The highest BCUT2D eigenvalue weighted by atomic mass is 32.1. The Labute approximate surface area is 207 Å². The first-order valence-corrected chi connectivity index (χ1v) is 13.6. The molecular formula is C25H31NO6S2. The molecule has 0 aromatic carbocycles. The van der Waals surface area contributed by atoms with Crippen LogP contribution in [0.3, 0.4) is 0 Å². The van der Waals surface area contributed by atoms with Crippen molar-refractivity contribution in [3.05, 3.63) is 50.4 Å². The lowest BCUT2D eigenvalue weighted by Gasteiger charge is -2.27. The van der Waals surface area contributed by atoms with Crippen LogP contribution in [-0.2, 0) is 19.1 Å². The number of nitrogens with one attached hydrogen (secondary N) is 1. The van der Waals surface area contributed by atoms with Crippen molar-refractivity contribution in [1.29, 1.82) is 0 Å². The van der Waals surface area contributed by atoms with Crippen molar-refractivity contribution in [3.8, 4) is 0 Å². The first-order valence-electron chi connectivity index (χ1n) is 11.7. The van der Waals surface area contributed by atoms with Crippen LogP contribution in [0, 0.1) is 5.92 Å². The van der Waals surface area contributed by atoms with Gasteiger partial charge in [-0.2, -0.15) is 22.7 Å². The summed E-state index contributed by atoms with van der Waals surface area (Å²) >= 11 is 3.54. The van der Waals surface area contributed by atoms with E-state index >= 15 is 0 Å². The van der Waals surface area contributed by atoms with E-state index in [4.69, 9.17) is 24.5 Å². The monoisotopic (exact) mass is 505 g/mol. The fraction of sp³-hybridized carbons (Fsp3) is 0.480. The number of hydrogen-bond acceptors (Lipinski definition) is 7. The Bertz CT molecular complexity index is 903. The minimum absolute atomic E-state index is 0.0499.